The zero-order valence-corrected chi connectivity index (χ0v) is 17.4. The Hall–Kier alpha value is -1.62. The second kappa shape index (κ2) is 7.66. The molecule has 1 aromatic carbocycles. The maximum atomic E-state index is 13.2. The molecule has 1 amide bonds. The topological polar surface area (TPSA) is 101 Å². The highest BCUT2D eigenvalue weighted by molar-refractivity contribution is 7.89. The number of benzene rings is 1. The number of fused-ring (bicyclic) bond motifs is 1. The van der Waals surface area contributed by atoms with Crippen LogP contribution in [0.2, 0.25) is 0 Å². The van der Waals surface area contributed by atoms with Crippen molar-refractivity contribution in [3.63, 3.8) is 0 Å². The SMILES string of the molecule is COCCC1(NC(=O)C2CC2)CCN(S(=O)(=O)c2cccc3nsnc23)CC1. The number of hydrogen-bond acceptors (Lipinski definition) is 7. The summed E-state index contributed by atoms with van der Waals surface area (Å²) >= 11 is 1.01. The van der Waals surface area contributed by atoms with Gasteiger partial charge >= 0.3 is 0 Å². The molecular formula is C18H24N4O4S2. The molecule has 2 aromatic rings. The van der Waals surface area contributed by atoms with E-state index >= 15 is 0 Å². The molecule has 1 saturated carbocycles. The molecule has 0 bridgehead atoms. The van der Waals surface area contributed by atoms with Crippen LogP contribution in [0.15, 0.2) is 23.1 Å². The number of hydrogen-bond donors (Lipinski definition) is 1. The monoisotopic (exact) mass is 424 g/mol. The highest BCUT2D eigenvalue weighted by Gasteiger charge is 2.42. The average molecular weight is 425 g/mol. The van der Waals surface area contributed by atoms with E-state index in [4.69, 9.17) is 4.74 Å². The van der Waals surface area contributed by atoms with Gasteiger partial charge in [0, 0.05) is 38.3 Å². The number of amides is 1. The molecule has 0 atom stereocenters. The number of nitrogens with zero attached hydrogens (tertiary/aromatic N) is 3. The van der Waals surface area contributed by atoms with Crippen LogP contribution in [-0.2, 0) is 19.6 Å². The van der Waals surface area contributed by atoms with Crippen LogP contribution in [0.4, 0.5) is 0 Å². The molecule has 2 heterocycles. The fraction of sp³-hybridized carbons (Fsp3) is 0.611. The minimum Gasteiger partial charge on any atom is -0.385 e. The van der Waals surface area contributed by atoms with E-state index in [0.29, 0.717) is 50.0 Å². The van der Waals surface area contributed by atoms with Crippen molar-refractivity contribution in [2.45, 2.75) is 42.5 Å². The van der Waals surface area contributed by atoms with E-state index in [1.807, 2.05) is 0 Å². The summed E-state index contributed by atoms with van der Waals surface area (Å²) < 4.78 is 41.5. The lowest BCUT2D eigenvalue weighted by molar-refractivity contribution is -0.125. The second-order valence-electron chi connectivity index (χ2n) is 7.58. The van der Waals surface area contributed by atoms with Gasteiger partial charge in [-0.3, -0.25) is 4.79 Å². The van der Waals surface area contributed by atoms with Crippen LogP contribution in [0, 0.1) is 5.92 Å². The first-order valence-electron chi connectivity index (χ1n) is 9.48. The Morgan fingerprint density at radius 3 is 2.75 bits per heavy atom. The molecule has 8 nitrogen and oxygen atoms in total. The number of ether oxygens (including phenoxy) is 1. The minimum absolute atomic E-state index is 0.0886. The molecule has 0 radical (unpaired) electrons. The van der Waals surface area contributed by atoms with E-state index < -0.39 is 15.6 Å². The first-order chi connectivity index (χ1) is 13.5. The van der Waals surface area contributed by atoms with Gasteiger partial charge in [0.2, 0.25) is 15.9 Å². The molecule has 2 aliphatic rings. The summed E-state index contributed by atoms with van der Waals surface area (Å²) in [6, 6.07) is 5.04. The number of carbonyl (C=O) groups is 1. The number of carbonyl (C=O) groups excluding carboxylic acids is 1. The molecule has 0 unspecified atom stereocenters. The summed E-state index contributed by atoms with van der Waals surface area (Å²) in [5.41, 5.74) is 0.607. The van der Waals surface area contributed by atoms with Gasteiger partial charge in [0.25, 0.3) is 0 Å². The lowest BCUT2D eigenvalue weighted by Crippen LogP contribution is -2.57. The number of sulfonamides is 1. The molecule has 4 rings (SSSR count). The molecule has 1 aromatic heterocycles. The lowest BCUT2D eigenvalue weighted by atomic mass is 9.85. The summed E-state index contributed by atoms with van der Waals surface area (Å²) in [6.45, 7) is 1.23. The van der Waals surface area contributed by atoms with Gasteiger partial charge in [-0.25, -0.2) is 8.42 Å². The van der Waals surface area contributed by atoms with Crippen LogP contribution in [0.1, 0.15) is 32.1 Å². The predicted octanol–water partition coefficient (Wildman–Crippen LogP) is 1.78. The van der Waals surface area contributed by atoms with E-state index in [-0.39, 0.29) is 16.7 Å². The van der Waals surface area contributed by atoms with E-state index in [2.05, 4.69) is 14.1 Å². The van der Waals surface area contributed by atoms with Gasteiger partial charge in [0.1, 0.15) is 15.9 Å². The van der Waals surface area contributed by atoms with Crippen LogP contribution in [0.25, 0.3) is 11.0 Å². The quantitative estimate of drug-likeness (QED) is 0.727. The van der Waals surface area contributed by atoms with Gasteiger partial charge in [-0.05, 0) is 44.2 Å². The maximum Gasteiger partial charge on any atom is 0.245 e. The maximum absolute atomic E-state index is 13.2. The van der Waals surface area contributed by atoms with Crippen molar-refractivity contribution >= 4 is 38.7 Å². The van der Waals surface area contributed by atoms with Crippen molar-refractivity contribution < 1.29 is 17.9 Å². The van der Waals surface area contributed by atoms with Gasteiger partial charge in [0.15, 0.2) is 0 Å². The number of rotatable bonds is 7. The predicted molar refractivity (Wildman–Crippen MR) is 105 cm³/mol. The zero-order valence-electron chi connectivity index (χ0n) is 15.8. The van der Waals surface area contributed by atoms with Gasteiger partial charge in [0.05, 0.1) is 11.7 Å². The Bertz CT molecular complexity index is 963. The molecular weight excluding hydrogens is 400 g/mol. The van der Waals surface area contributed by atoms with Gasteiger partial charge in [-0.2, -0.15) is 13.1 Å². The van der Waals surface area contributed by atoms with Crippen molar-refractivity contribution in [1.82, 2.24) is 18.4 Å². The molecule has 1 N–H and O–H groups in total. The smallest absolute Gasteiger partial charge is 0.245 e. The van der Waals surface area contributed by atoms with E-state index in [0.717, 1.165) is 24.6 Å². The third-order valence-corrected chi connectivity index (χ3v) is 8.14. The van der Waals surface area contributed by atoms with Gasteiger partial charge in [-0.1, -0.05) is 6.07 Å². The molecule has 152 valence electrons. The first kappa shape index (κ1) is 19.7. The van der Waals surface area contributed by atoms with Gasteiger partial charge < -0.3 is 10.1 Å². The van der Waals surface area contributed by atoms with Crippen molar-refractivity contribution in [3.8, 4) is 0 Å². The minimum atomic E-state index is -3.67. The van der Waals surface area contributed by atoms with Crippen molar-refractivity contribution in [2.24, 2.45) is 5.92 Å². The molecule has 28 heavy (non-hydrogen) atoms. The molecule has 1 saturated heterocycles. The van der Waals surface area contributed by atoms with Gasteiger partial charge in [-0.15, -0.1) is 0 Å². The normalized spacial score (nSPS) is 20.3. The fourth-order valence-corrected chi connectivity index (χ4v) is 5.92. The summed E-state index contributed by atoms with van der Waals surface area (Å²) in [7, 11) is -2.03. The average Bonchev–Trinajstić information content (AvgIpc) is 3.44. The summed E-state index contributed by atoms with van der Waals surface area (Å²) in [4.78, 5) is 12.6. The molecule has 0 spiro atoms. The van der Waals surface area contributed by atoms with Crippen LogP contribution in [0.3, 0.4) is 0 Å². The Morgan fingerprint density at radius 2 is 2.07 bits per heavy atom. The summed E-state index contributed by atoms with van der Waals surface area (Å²) in [5, 5.41) is 3.21. The zero-order chi connectivity index (χ0) is 19.8. The van der Waals surface area contributed by atoms with Crippen molar-refractivity contribution in [2.75, 3.05) is 26.8 Å². The molecule has 10 heteroatoms. The summed E-state index contributed by atoms with van der Waals surface area (Å²) in [6.07, 6.45) is 3.71. The molecule has 1 aliphatic heterocycles. The van der Waals surface area contributed by atoms with Crippen molar-refractivity contribution in [1.29, 1.82) is 0 Å². The second-order valence-corrected chi connectivity index (χ2v) is 10.0. The highest BCUT2D eigenvalue weighted by Crippen LogP contribution is 2.34. The molecule has 2 fully saturated rings. The number of nitrogens with one attached hydrogen (secondary N) is 1. The third kappa shape index (κ3) is 3.78. The Balaban J connectivity index is 1.52. The van der Waals surface area contributed by atoms with E-state index in [1.54, 1.807) is 25.3 Å². The highest BCUT2D eigenvalue weighted by atomic mass is 32.2. The Kier molecular flexibility index (Phi) is 5.38. The largest absolute Gasteiger partial charge is 0.385 e. The summed E-state index contributed by atoms with van der Waals surface area (Å²) in [5.74, 6) is 0.210. The van der Waals surface area contributed by atoms with Crippen LogP contribution < -0.4 is 5.32 Å². The van der Waals surface area contributed by atoms with Crippen LogP contribution in [-0.4, -0.2) is 59.7 Å². The molecule has 1 aliphatic carbocycles. The van der Waals surface area contributed by atoms with E-state index in [1.165, 1.54) is 4.31 Å². The standard InChI is InChI=1S/C18H24N4O4S2/c1-26-12-9-18(19-17(23)13-5-6-13)7-10-22(11-8-18)28(24,25)15-4-2-3-14-16(15)21-27-20-14/h2-4,13H,5-12H2,1H3,(H,19,23). The Labute approximate surface area is 168 Å². The first-order valence-corrected chi connectivity index (χ1v) is 11.6. The van der Waals surface area contributed by atoms with E-state index in [9.17, 15) is 13.2 Å². The van der Waals surface area contributed by atoms with Crippen LogP contribution in [0.5, 0.6) is 0 Å². The fourth-order valence-electron chi connectivity index (χ4n) is 3.73. The Morgan fingerprint density at radius 1 is 1.32 bits per heavy atom. The lowest BCUT2D eigenvalue weighted by Gasteiger charge is -2.42. The number of aromatic nitrogens is 2. The van der Waals surface area contributed by atoms with Crippen molar-refractivity contribution in [3.05, 3.63) is 18.2 Å². The van der Waals surface area contributed by atoms with Crippen LogP contribution >= 0.6 is 11.7 Å². The number of methoxy groups -OCH3 is 1. The third-order valence-electron chi connectivity index (χ3n) is 5.67. The number of piperidine rings is 1.